The first kappa shape index (κ1) is 15.2. The molecule has 1 aromatic heterocycles. The fourth-order valence-electron chi connectivity index (χ4n) is 3.65. The van der Waals surface area contributed by atoms with E-state index in [0.29, 0.717) is 17.0 Å². The van der Waals surface area contributed by atoms with Gasteiger partial charge in [-0.05, 0) is 44.4 Å². The van der Waals surface area contributed by atoms with Crippen molar-refractivity contribution in [2.24, 2.45) is 0 Å². The topological polar surface area (TPSA) is 42.2 Å². The smallest absolute Gasteiger partial charge is 0.189 e. The van der Waals surface area contributed by atoms with Crippen LogP contribution in [0.25, 0.3) is 10.9 Å². The van der Waals surface area contributed by atoms with Gasteiger partial charge in [0.25, 0.3) is 0 Å². The molecule has 0 radical (unpaired) electrons. The molecule has 1 aliphatic rings. The predicted octanol–water partition coefficient (Wildman–Crippen LogP) is 3.49. The van der Waals surface area contributed by atoms with Gasteiger partial charge in [-0.25, -0.2) is 4.39 Å². The molecule has 2 aromatic rings. The lowest BCUT2D eigenvalue weighted by atomic mass is 10.0. The largest absolute Gasteiger partial charge is 0.393 e. The first-order valence-electron chi connectivity index (χ1n) is 7.99. The highest BCUT2D eigenvalue weighted by atomic mass is 19.1. The van der Waals surface area contributed by atoms with Gasteiger partial charge < -0.3 is 9.67 Å². The van der Waals surface area contributed by atoms with Crippen LogP contribution >= 0.6 is 0 Å². The number of hydrogen-bond acceptors (Lipinski definition) is 2. The molecule has 0 spiro atoms. The molecule has 0 aliphatic heterocycles. The Morgan fingerprint density at radius 2 is 2.00 bits per heavy atom. The van der Waals surface area contributed by atoms with Crippen LogP contribution in [0.1, 0.15) is 49.9 Å². The minimum Gasteiger partial charge on any atom is -0.393 e. The van der Waals surface area contributed by atoms with Crippen LogP contribution in [0.3, 0.4) is 0 Å². The van der Waals surface area contributed by atoms with Crippen LogP contribution < -0.4 is 5.43 Å². The Morgan fingerprint density at radius 1 is 1.32 bits per heavy atom. The number of nitrogens with zero attached hydrogens (tertiary/aromatic N) is 1. The average molecular weight is 303 g/mol. The van der Waals surface area contributed by atoms with E-state index in [0.717, 1.165) is 24.1 Å². The number of hydrogen-bond donors (Lipinski definition) is 1. The lowest BCUT2D eigenvalue weighted by Crippen LogP contribution is -2.17. The maximum absolute atomic E-state index is 14.2. The lowest BCUT2D eigenvalue weighted by Gasteiger charge is -2.22. The predicted molar refractivity (Wildman–Crippen MR) is 85.8 cm³/mol. The standard InChI is InChI=1S/C18H22FNO2/c1-11-7-18(22)15-10-16(19)13(8-12(2)21)9-17(15)20(11)14-5-3-4-6-14/h7,9-10,12,14,21H,3-6,8H2,1-2H3. The van der Waals surface area contributed by atoms with E-state index >= 15 is 0 Å². The SMILES string of the molecule is Cc1cc(=O)c2cc(F)c(CC(C)O)cc2n1C1CCCC1. The minimum atomic E-state index is -0.608. The molecule has 4 heteroatoms. The van der Waals surface area contributed by atoms with E-state index in [1.54, 1.807) is 19.1 Å². The fraction of sp³-hybridized carbons (Fsp3) is 0.500. The van der Waals surface area contributed by atoms with Crippen LogP contribution in [-0.4, -0.2) is 15.8 Å². The molecule has 1 saturated carbocycles. The molecule has 1 unspecified atom stereocenters. The van der Waals surface area contributed by atoms with Crippen molar-refractivity contribution < 1.29 is 9.50 Å². The van der Waals surface area contributed by atoms with Crippen LogP contribution in [0.5, 0.6) is 0 Å². The second-order valence-electron chi connectivity index (χ2n) is 6.47. The van der Waals surface area contributed by atoms with Gasteiger partial charge in [-0.3, -0.25) is 4.79 Å². The van der Waals surface area contributed by atoms with Crippen molar-refractivity contribution in [2.75, 3.05) is 0 Å². The molecule has 1 aromatic carbocycles. The molecule has 0 amide bonds. The fourth-order valence-corrected chi connectivity index (χ4v) is 3.65. The molecule has 1 fully saturated rings. The number of aliphatic hydroxyl groups excluding tert-OH is 1. The summed E-state index contributed by atoms with van der Waals surface area (Å²) in [6.07, 6.45) is 4.24. The Bertz CT molecular complexity index is 758. The highest BCUT2D eigenvalue weighted by Crippen LogP contribution is 2.33. The molecule has 1 aliphatic carbocycles. The van der Waals surface area contributed by atoms with Gasteiger partial charge in [0.1, 0.15) is 5.82 Å². The molecule has 0 saturated heterocycles. The Hall–Kier alpha value is -1.68. The second kappa shape index (κ2) is 5.84. The van der Waals surface area contributed by atoms with Gasteiger partial charge in [0.05, 0.1) is 11.6 Å². The van der Waals surface area contributed by atoms with E-state index in [4.69, 9.17) is 0 Å². The van der Waals surface area contributed by atoms with Crippen molar-refractivity contribution in [2.45, 2.75) is 58.1 Å². The summed E-state index contributed by atoms with van der Waals surface area (Å²) in [5.41, 5.74) is 2.07. The third-order valence-electron chi connectivity index (χ3n) is 4.61. The maximum Gasteiger partial charge on any atom is 0.189 e. The third-order valence-corrected chi connectivity index (χ3v) is 4.61. The van der Waals surface area contributed by atoms with Gasteiger partial charge in [0.2, 0.25) is 0 Å². The van der Waals surface area contributed by atoms with Crippen LogP contribution in [0.15, 0.2) is 23.0 Å². The molecule has 118 valence electrons. The maximum atomic E-state index is 14.2. The molecular weight excluding hydrogens is 281 g/mol. The number of fused-ring (bicyclic) bond motifs is 1. The highest BCUT2D eigenvalue weighted by Gasteiger charge is 2.21. The molecule has 1 atom stereocenters. The molecule has 1 heterocycles. The van der Waals surface area contributed by atoms with E-state index < -0.39 is 11.9 Å². The number of pyridine rings is 1. The first-order valence-corrected chi connectivity index (χ1v) is 7.99. The monoisotopic (exact) mass is 303 g/mol. The van der Waals surface area contributed by atoms with Crippen molar-refractivity contribution in [3.63, 3.8) is 0 Å². The molecule has 1 N–H and O–H groups in total. The van der Waals surface area contributed by atoms with Crippen molar-refractivity contribution in [3.8, 4) is 0 Å². The summed E-state index contributed by atoms with van der Waals surface area (Å²) in [7, 11) is 0. The van der Waals surface area contributed by atoms with Gasteiger partial charge in [0, 0.05) is 29.6 Å². The molecule has 3 nitrogen and oxygen atoms in total. The number of aromatic nitrogens is 1. The summed E-state index contributed by atoms with van der Waals surface area (Å²) >= 11 is 0. The Labute approximate surface area is 129 Å². The van der Waals surface area contributed by atoms with Gasteiger partial charge in [-0.1, -0.05) is 12.8 Å². The van der Waals surface area contributed by atoms with E-state index in [-0.39, 0.29) is 11.8 Å². The van der Waals surface area contributed by atoms with Crippen LogP contribution in [0.4, 0.5) is 4.39 Å². The molecule has 22 heavy (non-hydrogen) atoms. The number of rotatable bonds is 3. The van der Waals surface area contributed by atoms with E-state index in [2.05, 4.69) is 4.57 Å². The number of aryl methyl sites for hydroxylation is 1. The van der Waals surface area contributed by atoms with Crippen LogP contribution in [0.2, 0.25) is 0 Å². The van der Waals surface area contributed by atoms with Gasteiger partial charge in [-0.2, -0.15) is 0 Å². The summed E-state index contributed by atoms with van der Waals surface area (Å²) in [4.78, 5) is 12.2. The average Bonchev–Trinajstić information content (AvgIpc) is 2.94. The van der Waals surface area contributed by atoms with Gasteiger partial charge >= 0.3 is 0 Å². The summed E-state index contributed by atoms with van der Waals surface area (Å²) in [5.74, 6) is -0.410. The lowest BCUT2D eigenvalue weighted by molar-refractivity contribution is 0.194. The summed E-state index contributed by atoms with van der Waals surface area (Å²) < 4.78 is 16.4. The Morgan fingerprint density at radius 3 is 2.64 bits per heavy atom. The minimum absolute atomic E-state index is 0.135. The van der Waals surface area contributed by atoms with Crippen molar-refractivity contribution >= 4 is 10.9 Å². The van der Waals surface area contributed by atoms with Crippen molar-refractivity contribution in [3.05, 3.63) is 45.5 Å². The zero-order valence-electron chi connectivity index (χ0n) is 13.1. The molecule has 3 rings (SSSR count). The summed E-state index contributed by atoms with van der Waals surface area (Å²) in [6.45, 7) is 3.58. The highest BCUT2D eigenvalue weighted by molar-refractivity contribution is 5.80. The quantitative estimate of drug-likeness (QED) is 0.943. The molecular formula is C18H22FNO2. The number of aliphatic hydroxyl groups is 1. The van der Waals surface area contributed by atoms with E-state index in [9.17, 15) is 14.3 Å². The summed E-state index contributed by atoms with van der Waals surface area (Å²) in [6, 6.07) is 5.08. The van der Waals surface area contributed by atoms with Gasteiger partial charge in [-0.15, -0.1) is 0 Å². The van der Waals surface area contributed by atoms with Gasteiger partial charge in [0.15, 0.2) is 5.43 Å². The third kappa shape index (κ3) is 2.68. The number of halogens is 1. The normalized spacial score (nSPS) is 17.3. The Balaban J connectivity index is 2.26. The zero-order chi connectivity index (χ0) is 15.9. The van der Waals surface area contributed by atoms with E-state index in [1.165, 1.54) is 18.9 Å². The van der Waals surface area contributed by atoms with E-state index in [1.807, 2.05) is 6.92 Å². The summed E-state index contributed by atoms with van der Waals surface area (Å²) in [5, 5.41) is 9.99. The van der Waals surface area contributed by atoms with Crippen LogP contribution in [-0.2, 0) is 6.42 Å². The first-order chi connectivity index (χ1) is 10.5. The van der Waals surface area contributed by atoms with Crippen molar-refractivity contribution in [1.29, 1.82) is 0 Å². The zero-order valence-corrected chi connectivity index (χ0v) is 13.1. The number of benzene rings is 1. The van der Waals surface area contributed by atoms with Crippen LogP contribution in [0, 0.1) is 12.7 Å². The van der Waals surface area contributed by atoms with Crippen molar-refractivity contribution in [1.82, 2.24) is 4.57 Å². The molecule has 0 bridgehead atoms. The Kier molecular flexibility index (Phi) is 4.04. The second-order valence-corrected chi connectivity index (χ2v) is 6.47.